The maximum absolute atomic E-state index is 2.39. The first kappa shape index (κ1) is 11.7. The molecule has 0 N–H and O–H groups in total. The molecular formula is C16H19N. The van der Waals surface area contributed by atoms with Gasteiger partial charge in [0.15, 0.2) is 0 Å². The Hall–Kier alpha value is -1.76. The molecule has 0 radical (unpaired) electrons. The van der Waals surface area contributed by atoms with Crippen LogP contribution in [0.5, 0.6) is 0 Å². The summed E-state index contributed by atoms with van der Waals surface area (Å²) in [7, 11) is 0. The molecule has 0 aliphatic heterocycles. The number of anilines is 1. The summed E-state index contributed by atoms with van der Waals surface area (Å²) in [5.41, 5.74) is 3.97. The standard InChI is InChI=1S/C16H19N/c1-3-17(13-15-9-5-4-6-10-15)16-11-7-8-14(2)12-16/h4-12H,3,13H2,1-2H3. The number of benzene rings is 2. The molecule has 0 fully saturated rings. The summed E-state index contributed by atoms with van der Waals surface area (Å²) in [4.78, 5) is 2.39. The first-order valence-electron chi connectivity index (χ1n) is 6.15. The molecule has 0 bridgehead atoms. The molecule has 0 spiro atoms. The van der Waals surface area contributed by atoms with Crippen LogP contribution in [0.3, 0.4) is 0 Å². The van der Waals surface area contributed by atoms with Crippen LogP contribution in [0.25, 0.3) is 0 Å². The minimum absolute atomic E-state index is 0.973. The topological polar surface area (TPSA) is 3.24 Å². The van der Waals surface area contributed by atoms with Crippen molar-refractivity contribution < 1.29 is 0 Å². The summed E-state index contributed by atoms with van der Waals surface area (Å²) in [6.07, 6.45) is 0. The first-order chi connectivity index (χ1) is 8.29. The van der Waals surface area contributed by atoms with Crippen molar-refractivity contribution in [3.8, 4) is 0 Å². The largest absolute Gasteiger partial charge is 0.367 e. The van der Waals surface area contributed by atoms with Crippen LogP contribution in [0, 0.1) is 6.92 Å². The van der Waals surface area contributed by atoms with Crippen molar-refractivity contribution in [2.24, 2.45) is 0 Å². The maximum atomic E-state index is 2.39. The van der Waals surface area contributed by atoms with Gasteiger partial charge in [0.2, 0.25) is 0 Å². The van der Waals surface area contributed by atoms with Gasteiger partial charge in [-0.15, -0.1) is 0 Å². The highest BCUT2D eigenvalue weighted by Gasteiger charge is 2.04. The van der Waals surface area contributed by atoms with Crippen molar-refractivity contribution in [1.82, 2.24) is 0 Å². The molecule has 0 heterocycles. The van der Waals surface area contributed by atoms with Crippen LogP contribution in [-0.4, -0.2) is 6.54 Å². The first-order valence-corrected chi connectivity index (χ1v) is 6.15. The quantitative estimate of drug-likeness (QED) is 0.759. The smallest absolute Gasteiger partial charge is 0.0429 e. The Bertz CT molecular complexity index is 462. The Morgan fingerprint density at radius 2 is 1.71 bits per heavy atom. The van der Waals surface area contributed by atoms with Crippen LogP contribution in [0.1, 0.15) is 18.1 Å². The molecule has 0 aliphatic carbocycles. The van der Waals surface area contributed by atoms with E-state index in [9.17, 15) is 0 Å². The second kappa shape index (κ2) is 5.53. The van der Waals surface area contributed by atoms with Gasteiger partial charge in [0, 0.05) is 18.8 Å². The fourth-order valence-electron chi connectivity index (χ4n) is 2.01. The van der Waals surface area contributed by atoms with Crippen LogP contribution in [0.15, 0.2) is 54.6 Å². The third-order valence-corrected chi connectivity index (χ3v) is 2.96. The van der Waals surface area contributed by atoms with Crippen LogP contribution in [-0.2, 0) is 6.54 Å². The Morgan fingerprint density at radius 1 is 0.941 bits per heavy atom. The van der Waals surface area contributed by atoms with E-state index in [1.54, 1.807) is 0 Å². The minimum Gasteiger partial charge on any atom is -0.367 e. The van der Waals surface area contributed by atoms with Crippen LogP contribution in [0.4, 0.5) is 5.69 Å². The average Bonchev–Trinajstić information content (AvgIpc) is 2.37. The molecule has 2 aromatic carbocycles. The number of aryl methyl sites for hydroxylation is 1. The van der Waals surface area contributed by atoms with Crippen molar-refractivity contribution in [2.75, 3.05) is 11.4 Å². The molecule has 17 heavy (non-hydrogen) atoms. The lowest BCUT2D eigenvalue weighted by molar-refractivity contribution is 0.831. The molecule has 1 heteroatoms. The third-order valence-electron chi connectivity index (χ3n) is 2.96. The second-order valence-corrected chi connectivity index (χ2v) is 4.34. The average molecular weight is 225 g/mol. The van der Waals surface area contributed by atoms with Crippen molar-refractivity contribution in [3.63, 3.8) is 0 Å². The molecule has 1 nitrogen and oxygen atoms in total. The SMILES string of the molecule is CCN(Cc1ccccc1)c1cccc(C)c1. The summed E-state index contributed by atoms with van der Waals surface area (Å²) in [6, 6.07) is 19.3. The molecule has 0 saturated heterocycles. The lowest BCUT2D eigenvalue weighted by Crippen LogP contribution is -2.21. The summed E-state index contributed by atoms with van der Waals surface area (Å²) in [6.45, 7) is 6.34. The predicted molar refractivity (Wildman–Crippen MR) is 74.3 cm³/mol. The van der Waals surface area contributed by atoms with Gasteiger partial charge in [-0.2, -0.15) is 0 Å². The number of rotatable bonds is 4. The van der Waals surface area contributed by atoms with E-state index in [0.717, 1.165) is 13.1 Å². The Balaban J connectivity index is 2.17. The van der Waals surface area contributed by atoms with E-state index in [-0.39, 0.29) is 0 Å². The van der Waals surface area contributed by atoms with Gasteiger partial charge < -0.3 is 4.90 Å². The third kappa shape index (κ3) is 3.10. The lowest BCUT2D eigenvalue weighted by atomic mass is 10.1. The zero-order valence-corrected chi connectivity index (χ0v) is 10.6. The summed E-state index contributed by atoms with van der Waals surface area (Å²) < 4.78 is 0. The molecule has 2 aromatic rings. The summed E-state index contributed by atoms with van der Waals surface area (Å²) in [5, 5.41) is 0. The molecule has 2 rings (SSSR count). The van der Waals surface area contributed by atoms with Crippen molar-refractivity contribution in [1.29, 1.82) is 0 Å². The van der Waals surface area contributed by atoms with Gasteiger partial charge in [-0.25, -0.2) is 0 Å². The van der Waals surface area contributed by atoms with E-state index in [2.05, 4.69) is 73.3 Å². The molecule has 0 unspecified atom stereocenters. The van der Waals surface area contributed by atoms with Crippen molar-refractivity contribution in [2.45, 2.75) is 20.4 Å². The molecule has 0 saturated carbocycles. The van der Waals surface area contributed by atoms with E-state index in [1.165, 1.54) is 16.8 Å². The summed E-state index contributed by atoms with van der Waals surface area (Å²) in [5.74, 6) is 0. The van der Waals surface area contributed by atoms with E-state index in [0.29, 0.717) is 0 Å². The fraction of sp³-hybridized carbons (Fsp3) is 0.250. The predicted octanol–water partition coefficient (Wildman–Crippen LogP) is 4.02. The second-order valence-electron chi connectivity index (χ2n) is 4.34. The highest BCUT2D eigenvalue weighted by molar-refractivity contribution is 5.48. The zero-order chi connectivity index (χ0) is 12.1. The Morgan fingerprint density at radius 3 is 2.35 bits per heavy atom. The molecule has 0 amide bonds. The van der Waals surface area contributed by atoms with Crippen LogP contribution >= 0.6 is 0 Å². The van der Waals surface area contributed by atoms with Gasteiger partial charge in [-0.1, -0.05) is 42.5 Å². The van der Waals surface area contributed by atoms with Gasteiger partial charge in [0.1, 0.15) is 0 Å². The van der Waals surface area contributed by atoms with Gasteiger partial charge in [-0.3, -0.25) is 0 Å². The highest BCUT2D eigenvalue weighted by atomic mass is 15.1. The molecule has 0 atom stereocenters. The molecule has 0 aliphatic rings. The van der Waals surface area contributed by atoms with Crippen molar-refractivity contribution in [3.05, 3.63) is 65.7 Å². The van der Waals surface area contributed by atoms with Crippen LogP contribution < -0.4 is 4.90 Å². The monoisotopic (exact) mass is 225 g/mol. The van der Waals surface area contributed by atoms with Gasteiger partial charge in [0.05, 0.1) is 0 Å². The molecular weight excluding hydrogens is 206 g/mol. The minimum atomic E-state index is 0.973. The lowest BCUT2D eigenvalue weighted by Gasteiger charge is -2.23. The van der Waals surface area contributed by atoms with E-state index >= 15 is 0 Å². The highest BCUT2D eigenvalue weighted by Crippen LogP contribution is 2.18. The summed E-state index contributed by atoms with van der Waals surface area (Å²) >= 11 is 0. The van der Waals surface area contributed by atoms with Gasteiger partial charge in [0.25, 0.3) is 0 Å². The van der Waals surface area contributed by atoms with Crippen LogP contribution in [0.2, 0.25) is 0 Å². The Labute approximate surface area is 104 Å². The van der Waals surface area contributed by atoms with Crippen molar-refractivity contribution >= 4 is 5.69 Å². The van der Waals surface area contributed by atoms with Gasteiger partial charge in [-0.05, 0) is 37.1 Å². The molecule has 0 aromatic heterocycles. The van der Waals surface area contributed by atoms with Gasteiger partial charge >= 0.3 is 0 Å². The maximum Gasteiger partial charge on any atom is 0.0429 e. The number of hydrogen-bond acceptors (Lipinski definition) is 1. The fourth-order valence-corrected chi connectivity index (χ4v) is 2.01. The molecule has 88 valence electrons. The van der Waals surface area contributed by atoms with E-state index in [4.69, 9.17) is 0 Å². The van der Waals surface area contributed by atoms with E-state index in [1.807, 2.05) is 0 Å². The zero-order valence-electron chi connectivity index (χ0n) is 10.6. The number of nitrogens with zero attached hydrogens (tertiary/aromatic N) is 1. The normalized spacial score (nSPS) is 10.2. The van der Waals surface area contributed by atoms with E-state index < -0.39 is 0 Å². The Kier molecular flexibility index (Phi) is 3.81. The number of hydrogen-bond donors (Lipinski definition) is 0.